The van der Waals surface area contributed by atoms with Gasteiger partial charge in [0.05, 0.1) is 22.8 Å². The molecule has 0 spiro atoms. The first kappa shape index (κ1) is 17.7. The molecule has 1 heterocycles. The third kappa shape index (κ3) is 3.48. The highest BCUT2D eigenvalue weighted by Crippen LogP contribution is 2.36. The molecule has 24 heavy (non-hydrogen) atoms. The summed E-state index contributed by atoms with van der Waals surface area (Å²) >= 11 is 0. The molecular weight excluding hydrogens is 342 g/mol. The molecule has 1 aromatic rings. The van der Waals surface area contributed by atoms with Crippen molar-refractivity contribution in [1.29, 1.82) is 0 Å². The monoisotopic (exact) mass is 357 g/mol. The quantitative estimate of drug-likeness (QED) is 0.733. The lowest BCUT2D eigenvalue weighted by Gasteiger charge is -2.33. The van der Waals surface area contributed by atoms with E-state index in [9.17, 15) is 22.8 Å². The highest BCUT2D eigenvalue weighted by Gasteiger charge is 2.37. The summed E-state index contributed by atoms with van der Waals surface area (Å²) in [7, 11) is -3.57. The van der Waals surface area contributed by atoms with Gasteiger partial charge in [0.25, 0.3) is 5.91 Å². The van der Waals surface area contributed by atoms with Crippen molar-refractivity contribution in [3.8, 4) is 5.75 Å². The van der Waals surface area contributed by atoms with Crippen LogP contribution in [0.5, 0.6) is 5.75 Å². The number of fused-ring (bicyclic) bond motifs is 1. The third-order valence-corrected chi connectivity index (χ3v) is 5.16. The van der Waals surface area contributed by atoms with Crippen LogP contribution in [-0.4, -0.2) is 54.9 Å². The van der Waals surface area contributed by atoms with Crippen molar-refractivity contribution < 1.29 is 37.8 Å². The van der Waals surface area contributed by atoms with Crippen molar-refractivity contribution in [2.45, 2.75) is 24.3 Å². The minimum Gasteiger partial charge on any atom is -0.481 e. The fourth-order valence-corrected chi connectivity index (χ4v) is 3.15. The zero-order valence-corrected chi connectivity index (χ0v) is 13.4. The molecule has 0 aromatic heterocycles. The lowest BCUT2D eigenvalue weighted by molar-refractivity contribution is -0.143. The number of ether oxygens (including phenoxy) is 1. The Kier molecular flexibility index (Phi) is 4.78. The first-order valence-corrected chi connectivity index (χ1v) is 8.59. The maximum absolute atomic E-state index is 12.3. The van der Waals surface area contributed by atoms with E-state index in [1.807, 2.05) is 0 Å². The van der Waals surface area contributed by atoms with Crippen molar-refractivity contribution in [2.75, 3.05) is 17.2 Å². The molecule has 130 valence electrons. The minimum atomic E-state index is -3.57. The molecule has 1 aliphatic heterocycles. The third-order valence-electron chi connectivity index (χ3n) is 3.42. The smallest absolute Gasteiger partial charge is 0.323 e. The predicted molar refractivity (Wildman–Crippen MR) is 80.8 cm³/mol. The first-order valence-electron chi connectivity index (χ1n) is 6.94. The molecule has 0 aliphatic carbocycles. The van der Waals surface area contributed by atoms with Gasteiger partial charge in [-0.2, -0.15) is 0 Å². The summed E-state index contributed by atoms with van der Waals surface area (Å²) in [6, 6.07) is 3.71. The summed E-state index contributed by atoms with van der Waals surface area (Å²) in [6.45, 7) is 0.718. The van der Waals surface area contributed by atoms with Crippen LogP contribution < -0.4 is 9.64 Å². The number of carbonyl (C=O) groups excluding carboxylic acids is 1. The van der Waals surface area contributed by atoms with E-state index < -0.39 is 46.8 Å². The van der Waals surface area contributed by atoms with Gasteiger partial charge in [-0.05, 0) is 18.2 Å². The van der Waals surface area contributed by atoms with Crippen molar-refractivity contribution >= 4 is 33.4 Å². The lowest BCUT2D eigenvalue weighted by Crippen LogP contribution is -2.48. The minimum absolute atomic E-state index is 0.0152. The zero-order chi connectivity index (χ0) is 18.1. The molecule has 1 aromatic carbocycles. The SMILES string of the molecule is CCS(=O)(=O)c1ccc2c(c1)N(CC(=O)O)C(=O)C(CC(=O)O)O2. The Hall–Kier alpha value is -2.62. The van der Waals surface area contributed by atoms with Gasteiger partial charge in [-0.3, -0.25) is 19.3 Å². The number of amides is 1. The molecule has 9 nitrogen and oxygen atoms in total. The molecular formula is C14H15NO8S. The highest BCUT2D eigenvalue weighted by atomic mass is 32.2. The molecule has 2 N–H and O–H groups in total. The molecule has 0 bridgehead atoms. The van der Waals surface area contributed by atoms with E-state index in [1.165, 1.54) is 19.1 Å². The van der Waals surface area contributed by atoms with E-state index >= 15 is 0 Å². The topological polar surface area (TPSA) is 138 Å². The summed E-state index contributed by atoms with van der Waals surface area (Å²) in [5.41, 5.74) is -0.0152. The second-order valence-electron chi connectivity index (χ2n) is 5.06. The van der Waals surface area contributed by atoms with Crippen molar-refractivity contribution in [3.05, 3.63) is 18.2 Å². The fourth-order valence-electron chi connectivity index (χ4n) is 2.25. The lowest BCUT2D eigenvalue weighted by atomic mass is 10.1. The van der Waals surface area contributed by atoms with Gasteiger partial charge >= 0.3 is 11.9 Å². The van der Waals surface area contributed by atoms with Gasteiger partial charge in [0.2, 0.25) is 0 Å². The number of carbonyl (C=O) groups is 3. The van der Waals surface area contributed by atoms with E-state index in [0.29, 0.717) is 0 Å². The Morgan fingerprint density at radius 3 is 2.46 bits per heavy atom. The van der Waals surface area contributed by atoms with Crippen LogP contribution in [-0.2, 0) is 24.2 Å². The first-order chi connectivity index (χ1) is 11.2. The van der Waals surface area contributed by atoms with Gasteiger partial charge < -0.3 is 14.9 Å². The molecule has 1 atom stereocenters. The van der Waals surface area contributed by atoms with E-state index in [2.05, 4.69) is 0 Å². The molecule has 2 rings (SSSR count). The average molecular weight is 357 g/mol. The van der Waals surface area contributed by atoms with Crippen LogP contribution in [0.15, 0.2) is 23.1 Å². The Morgan fingerprint density at radius 1 is 1.25 bits per heavy atom. The fraction of sp³-hybridized carbons (Fsp3) is 0.357. The van der Waals surface area contributed by atoms with Gasteiger partial charge in [-0.25, -0.2) is 8.42 Å². The summed E-state index contributed by atoms with van der Waals surface area (Å²) in [5, 5.41) is 17.8. The molecule has 0 saturated carbocycles. The van der Waals surface area contributed by atoms with Crippen LogP contribution in [0.1, 0.15) is 13.3 Å². The van der Waals surface area contributed by atoms with E-state index in [0.717, 1.165) is 11.0 Å². The van der Waals surface area contributed by atoms with Crippen LogP contribution in [0.3, 0.4) is 0 Å². The van der Waals surface area contributed by atoms with E-state index in [4.69, 9.17) is 14.9 Å². The Bertz CT molecular complexity index is 801. The van der Waals surface area contributed by atoms with Gasteiger partial charge in [0.1, 0.15) is 12.3 Å². The van der Waals surface area contributed by atoms with Crippen LogP contribution in [0.4, 0.5) is 5.69 Å². The number of nitrogens with zero attached hydrogens (tertiary/aromatic N) is 1. The summed E-state index contributed by atoms with van der Waals surface area (Å²) in [6.07, 6.45) is -2.01. The Balaban J connectivity index is 2.53. The van der Waals surface area contributed by atoms with Gasteiger partial charge in [0.15, 0.2) is 15.9 Å². The van der Waals surface area contributed by atoms with Crippen molar-refractivity contribution in [1.82, 2.24) is 0 Å². The molecule has 0 radical (unpaired) electrons. The van der Waals surface area contributed by atoms with Gasteiger partial charge in [0, 0.05) is 0 Å². The normalized spacial score (nSPS) is 17.1. The van der Waals surface area contributed by atoms with Crippen LogP contribution >= 0.6 is 0 Å². The number of anilines is 1. The van der Waals surface area contributed by atoms with Crippen LogP contribution in [0, 0.1) is 0 Å². The summed E-state index contributed by atoms with van der Waals surface area (Å²) in [5.74, 6) is -3.57. The number of benzene rings is 1. The van der Waals surface area contributed by atoms with Crippen molar-refractivity contribution in [2.24, 2.45) is 0 Å². The summed E-state index contributed by atoms with van der Waals surface area (Å²) in [4.78, 5) is 34.9. The molecule has 0 saturated heterocycles. The highest BCUT2D eigenvalue weighted by molar-refractivity contribution is 7.91. The Morgan fingerprint density at radius 2 is 1.92 bits per heavy atom. The number of hydrogen-bond acceptors (Lipinski definition) is 6. The van der Waals surface area contributed by atoms with E-state index in [1.54, 1.807) is 0 Å². The number of hydrogen-bond donors (Lipinski definition) is 2. The van der Waals surface area contributed by atoms with Gasteiger partial charge in [-0.15, -0.1) is 0 Å². The molecule has 1 amide bonds. The maximum atomic E-state index is 12.3. The standard InChI is InChI=1S/C14H15NO8S/c1-2-24(21,22)8-3-4-10-9(5-8)15(7-13(18)19)14(20)11(23-10)6-12(16)17/h3-5,11H,2,6-7H2,1H3,(H,16,17)(H,18,19). The second kappa shape index (κ2) is 6.48. The van der Waals surface area contributed by atoms with Crippen LogP contribution in [0.2, 0.25) is 0 Å². The second-order valence-corrected chi connectivity index (χ2v) is 7.33. The van der Waals surface area contributed by atoms with Crippen molar-refractivity contribution in [3.63, 3.8) is 0 Å². The van der Waals surface area contributed by atoms with Crippen LogP contribution in [0.25, 0.3) is 0 Å². The summed E-state index contributed by atoms with van der Waals surface area (Å²) < 4.78 is 29.2. The number of rotatable bonds is 6. The average Bonchev–Trinajstić information content (AvgIpc) is 2.50. The number of carboxylic acids is 2. The zero-order valence-electron chi connectivity index (χ0n) is 12.6. The van der Waals surface area contributed by atoms with Gasteiger partial charge in [-0.1, -0.05) is 6.92 Å². The molecule has 1 unspecified atom stereocenters. The maximum Gasteiger partial charge on any atom is 0.323 e. The largest absolute Gasteiger partial charge is 0.481 e. The molecule has 1 aliphatic rings. The number of sulfone groups is 1. The van der Waals surface area contributed by atoms with E-state index in [-0.39, 0.29) is 22.1 Å². The number of carboxylic acid groups (broad SMARTS) is 2. The predicted octanol–water partition coefficient (Wildman–Crippen LogP) is 0.134. The Labute approximate surface area is 137 Å². The number of aliphatic carboxylic acids is 2. The molecule has 10 heteroatoms. The molecule has 0 fully saturated rings.